The van der Waals surface area contributed by atoms with Crippen molar-refractivity contribution >= 4 is 11.8 Å². The molecule has 0 aromatic carbocycles. The predicted octanol–water partition coefficient (Wildman–Crippen LogP) is 1.94. The van der Waals surface area contributed by atoms with E-state index in [0.717, 1.165) is 32.2 Å². The lowest BCUT2D eigenvalue weighted by atomic mass is 9.93. The molecule has 1 N–H and O–H groups in total. The molecule has 0 radical (unpaired) electrons. The molecule has 2 fully saturated rings. The molecule has 19 heavy (non-hydrogen) atoms. The summed E-state index contributed by atoms with van der Waals surface area (Å²) in [7, 11) is 0. The first-order chi connectivity index (χ1) is 8.94. The standard InChI is InChI=1S/C15H26N2O2/c1-11(2)12(3)10-17-9-6-13(18)16-15(14(17)19)7-4-5-8-15/h11-12H,4-10H2,1-3H3,(H,16,18). The van der Waals surface area contributed by atoms with E-state index in [4.69, 9.17) is 0 Å². The summed E-state index contributed by atoms with van der Waals surface area (Å²) in [5, 5.41) is 3.01. The van der Waals surface area contributed by atoms with Crippen LogP contribution in [-0.2, 0) is 9.59 Å². The predicted molar refractivity (Wildman–Crippen MR) is 74.5 cm³/mol. The van der Waals surface area contributed by atoms with Crippen LogP contribution in [0.3, 0.4) is 0 Å². The van der Waals surface area contributed by atoms with Crippen LogP contribution < -0.4 is 5.32 Å². The van der Waals surface area contributed by atoms with Crippen molar-refractivity contribution in [2.24, 2.45) is 11.8 Å². The number of rotatable bonds is 3. The highest BCUT2D eigenvalue weighted by atomic mass is 16.2. The van der Waals surface area contributed by atoms with Crippen molar-refractivity contribution < 1.29 is 9.59 Å². The lowest BCUT2D eigenvalue weighted by Crippen LogP contribution is -2.56. The van der Waals surface area contributed by atoms with Gasteiger partial charge in [-0.25, -0.2) is 0 Å². The average molecular weight is 266 g/mol. The zero-order valence-electron chi connectivity index (χ0n) is 12.4. The summed E-state index contributed by atoms with van der Waals surface area (Å²) in [6.07, 6.45) is 4.14. The van der Waals surface area contributed by atoms with E-state index >= 15 is 0 Å². The molecule has 1 heterocycles. The molecule has 4 heteroatoms. The average Bonchev–Trinajstić information content (AvgIpc) is 2.78. The maximum absolute atomic E-state index is 12.8. The molecule has 2 aliphatic rings. The van der Waals surface area contributed by atoms with E-state index in [9.17, 15) is 9.59 Å². The largest absolute Gasteiger partial charge is 0.342 e. The number of nitrogens with one attached hydrogen (secondary N) is 1. The van der Waals surface area contributed by atoms with Gasteiger partial charge >= 0.3 is 0 Å². The normalized spacial score (nSPS) is 24.7. The number of nitrogens with zero attached hydrogens (tertiary/aromatic N) is 1. The Balaban J connectivity index is 2.15. The van der Waals surface area contributed by atoms with Crippen LogP contribution in [0.4, 0.5) is 0 Å². The molecule has 1 spiro atoms. The third-order valence-corrected chi connectivity index (χ3v) is 4.79. The second-order valence-corrected chi connectivity index (χ2v) is 6.56. The maximum Gasteiger partial charge on any atom is 0.248 e. The Morgan fingerprint density at radius 3 is 2.42 bits per heavy atom. The summed E-state index contributed by atoms with van der Waals surface area (Å²) in [6.45, 7) is 7.89. The first-order valence-corrected chi connectivity index (χ1v) is 7.55. The molecule has 0 bridgehead atoms. The number of carbonyl (C=O) groups excluding carboxylic acids is 2. The Hall–Kier alpha value is -1.06. The zero-order chi connectivity index (χ0) is 14.0. The highest BCUT2D eigenvalue weighted by molar-refractivity contribution is 5.93. The van der Waals surface area contributed by atoms with Gasteiger partial charge in [0.15, 0.2) is 0 Å². The van der Waals surface area contributed by atoms with Crippen molar-refractivity contribution in [3.8, 4) is 0 Å². The monoisotopic (exact) mass is 266 g/mol. The van der Waals surface area contributed by atoms with Crippen molar-refractivity contribution in [2.45, 2.75) is 58.4 Å². The Bertz CT molecular complexity index is 359. The van der Waals surface area contributed by atoms with Crippen LogP contribution in [0.5, 0.6) is 0 Å². The third-order valence-electron chi connectivity index (χ3n) is 4.79. The van der Waals surface area contributed by atoms with Crippen molar-refractivity contribution in [3.05, 3.63) is 0 Å². The molecule has 4 nitrogen and oxygen atoms in total. The Morgan fingerprint density at radius 2 is 1.84 bits per heavy atom. The topological polar surface area (TPSA) is 49.4 Å². The highest BCUT2D eigenvalue weighted by Crippen LogP contribution is 2.33. The van der Waals surface area contributed by atoms with Crippen LogP contribution in [-0.4, -0.2) is 35.3 Å². The van der Waals surface area contributed by atoms with E-state index < -0.39 is 5.54 Å². The van der Waals surface area contributed by atoms with Crippen LogP contribution >= 0.6 is 0 Å². The minimum Gasteiger partial charge on any atom is -0.342 e. The Kier molecular flexibility index (Phi) is 4.16. The molecule has 1 unspecified atom stereocenters. The zero-order valence-corrected chi connectivity index (χ0v) is 12.4. The second kappa shape index (κ2) is 5.51. The molecule has 1 atom stereocenters. The molecule has 1 aliphatic carbocycles. The Morgan fingerprint density at radius 1 is 1.21 bits per heavy atom. The van der Waals surface area contributed by atoms with Gasteiger partial charge in [0.1, 0.15) is 5.54 Å². The molecule has 2 rings (SSSR count). The SMILES string of the molecule is CC(C)C(C)CN1CCC(=O)NC2(CCCC2)C1=O. The fourth-order valence-electron chi connectivity index (χ4n) is 3.07. The van der Waals surface area contributed by atoms with Crippen LogP contribution in [0.25, 0.3) is 0 Å². The number of amides is 2. The van der Waals surface area contributed by atoms with Gasteiger partial charge in [0.2, 0.25) is 11.8 Å². The number of hydrogen-bond donors (Lipinski definition) is 1. The van der Waals surface area contributed by atoms with Crippen molar-refractivity contribution in [1.82, 2.24) is 10.2 Å². The van der Waals surface area contributed by atoms with Crippen LogP contribution in [0.1, 0.15) is 52.9 Å². The maximum atomic E-state index is 12.8. The quantitative estimate of drug-likeness (QED) is 0.848. The van der Waals surface area contributed by atoms with Gasteiger partial charge in [0.25, 0.3) is 0 Å². The number of hydrogen-bond acceptors (Lipinski definition) is 2. The molecule has 108 valence electrons. The van der Waals surface area contributed by atoms with Gasteiger partial charge in [-0.05, 0) is 24.7 Å². The van der Waals surface area contributed by atoms with Crippen LogP contribution in [0.15, 0.2) is 0 Å². The lowest BCUT2D eigenvalue weighted by Gasteiger charge is -2.33. The molecule has 2 amide bonds. The molecular weight excluding hydrogens is 240 g/mol. The van der Waals surface area contributed by atoms with E-state index in [-0.39, 0.29) is 11.8 Å². The minimum absolute atomic E-state index is 0.0370. The summed E-state index contributed by atoms with van der Waals surface area (Å²) in [5.41, 5.74) is -0.579. The molecule has 0 aromatic rings. The summed E-state index contributed by atoms with van der Waals surface area (Å²) in [6, 6.07) is 0. The van der Waals surface area contributed by atoms with Crippen molar-refractivity contribution in [1.29, 1.82) is 0 Å². The van der Waals surface area contributed by atoms with E-state index in [1.165, 1.54) is 0 Å². The van der Waals surface area contributed by atoms with Gasteiger partial charge in [-0.15, -0.1) is 0 Å². The first kappa shape index (κ1) is 14.4. The number of carbonyl (C=O) groups is 2. The van der Waals surface area contributed by atoms with Gasteiger partial charge in [0.05, 0.1) is 0 Å². The van der Waals surface area contributed by atoms with Crippen molar-refractivity contribution in [2.75, 3.05) is 13.1 Å². The van der Waals surface area contributed by atoms with Gasteiger partial charge in [0, 0.05) is 19.5 Å². The van der Waals surface area contributed by atoms with Gasteiger partial charge < -0.3 is 10.2 Å². The Labute approximate surface area is 115 Å². The van der Waals surface area contributed by atoms with Crippen LogP contribution in [0.2, 0.25) is 0 Å². The van der Waals surface area contributed by atoms with Gasteiger partial charge in [-0.2, -0.15) is 0 Å². The first-order valence-electron chi connectivity index (χ1n) is 7.55. The molecule has 1 saturated heterocycles. The fourth-order valence-corrected chi connectivity index (χ4v) is 3.07. The lowest BCUT2D eigenvalue weighted by molar-refractivity contribution is -0.139. The van der Waals surface area contributed by atoms with E-state index in [2.05, 4.69) is 26.1 Å². The summed E-state index contributed by atoms with van der Waals surface area (Å²) < 4.78 is 0. The van der Waals surface area contributed by atoms with Gasteiger partial charge in [-0.1, -0.05) is 33.6 Å². The molecule has 1 saturated carbocycles. The fraction of sp³-hybridized carbons (Fsp3) is 0.867. The van der Waals surface area contributed by atoms with Gasteiger partial charge in [-0.3, -0.25) is 9.59 Å². The van der Waals surface area contributed by atoms with Crippen LogP contribution in [0, 0.1) is 11.8 Å². The molecule has 0 aromatic heterocycles. The smallest absolute Gasteiger partial charge is 0.248 e. The van der Waals surface area contributed by atoms with E-state index in [0.29, 0.717) is 24.8 Å². The van der Waals surface area contributed by atoms with E-state index in [1.54, 1.807) is 0 Å². The summed E-state index contributed by atoms with van der Waals surface area (Å²) in [5.74, 6) is 1.22. The highest BCUT2D eigenvalue weighted by Gasteiger charge is 2.46. The second-order valence-electron chi connectivity index (χ2n) is 6.56. The minimum atomic E-state index is -0.579. The van der Waals surface area contributed by atoms with E-state index in [1.807, 2.05) is 4.90 Å². The summed E-state index contributed by atoms with van der Waals surface area (Å²) >= 11 is 0. The third kappa shape index (κ3) is 2.93. The molecular formula is C15H26N2O2. The summed E-state index contributed by atoms with van der Waals surface area (Å²) in [4.78, 5) is 26.6. The van der Waals surface area contributed by atoms with Crippen molar-refractivity contribution in [3.63, 3.8) is 0 Å². The molecule has 1 aliphatic heterocycles.